The molecule has 2 unspecified atom stereocenters. The van der Waals surface area contributed by atoms with E-state index in [1.54, 1.807) is 11.8 Å². The number of carbonyl (C=O) groups is 1. The van der Waals surface area contributed by atoms with Gasteiger partial charge in [-0.25, -0.2) is 9.67 Å². The lowest BCUT2D eigenvalue weighted by molar-refractivity contribution is -0.122. The zero-order valence-corrected chi connectivity index (χ0v) is 16.3. The molecule has 0 aromatic carbocycles. The molecule has 1 saturated heterocycles. The number of pyridine rings is 1. The van der Waals surface area contributed by atoms with Crippen LogP contribution in [0.3, 0.4) is 0 Å². The normalized spacial score (nSPS) is 20.3. The largest absolute Gasteiger partial charge is 0.479 e. The minimum Gasteiger partial charge on any atom is -0.479 e. The van der Waals surface area contributed by atoms with E-state index in [0.717, 1.165) is 47.4 Å². The van der Waals surface area contributed by atoms with Crippen LogP contribution in [0.2, 0.25) is 0 Å². The molecule has 2 aromatic rings. The molecule has 3 heterocycles. The van der Waals surface area contributed by atoms with Crippen molar-refractivity contribution in [2.24, 2.45) is 13.0 Å². The number of aromatic nitrogens is 3. The van der Waals surface area contributed by atoms with Gasteiger partial charge in [0, 0.05) is 25.2 Å². The van der Waals surface area contributed by atoms with Crippen LogP contribution in [0.15, 0.2) is 0 Å². The van der Waals surface area contributed by atoms with Gasteiger partial charge in [-0.3, -0.25) is 4.79 Å². The molecule has 1 amide bonds. The van der Waals surface area contributed by atoms with Crippen molar-refractivity contribution in [3.8, 4) is 5.88 Å². The molecule has 7 heteroatoms. The van der Waals surface area contributed by atoms with Crippen LogP contribution in [-0.2, 0) is 18.3 Å². The average molecular weight is 359 g/mol. The van der Waals surface area contributed by atoms with Gasteiger partial charge in [-0.2, -0.15) is 0 Å². The van der Waals surface area contributed by atoms with Gasteiger partial charge in [0.15, 0.2) is 5.65 Å². The minimum absolute atomic E-state index is 0.112. The van der Waals surface area contributed by atoms with E-state index in [-0.39, 0.29) is 11.9 Å². The molecule has 1 aliphatic rings. The van der Waals surface area contributed by atoms with E-state index in [0.29, 0.717) is 24.6 Å². The number of carbonyl (C=O) groups excluding carboxylic acids is 1. The summed E-state index contributed by atoms with van der Waals surface area (Å²) in [5.74, 6) is 1.16. The van der Waals surface area contributed by atoms with E-state index >= 15 is 0 Å². The van der Waals surface area contributed by atoms with Gasteiger partial charge in [-0.05, 0) is 56.8 Å². The van der Waals surface area contributed by atoms with Gasteiger partial charge in [-0.15, -0.1) is 5.10 Å². The van der Waals surface area contributed by atoms with Crippen LogP contribution in [0.5, 0.6) is 5.88 Å². The van der Waals surface area contributed by atoms with Gasteiger partial charge in [0.25, 0.3) is 0 Å². The number of fused-ring (bicyclic) bond motifs is 1. The Morgan fingerprint density at radius 3 is 2.88 bits per heavy atom. The molecule has 0 aliphatic carbocycles. The van der Waals surface area contributed by atoms with E-state index < -0.39 is 0 Å². The summed E-state index contributed by atoms with van der Waals surface area (Å²) in [6.07, 6.45) is 2.13. The first-order valence-electron chi connectivity index (χ1n) is 9.29. The van der Waals surface area contributed by atoms with Crippen molar-refractivity contribution < 1.29 is 9.53 Å². The number of piperidine rings is 1. The second-order valence-electron chi connectivity index (χ2n) is 7.28. The van der Waals surface area contributed by atoms with Crippen molar-refractivity contribution in [3.63, 3.8) is 0 Å². The number of rotatable bonds is 5. The molecule has 26 heavy (non-hydrogen) atoms. The van der Waals surface area contributed by atoms with Crippen molar-refractivity contribution in [2.75, 3.05) is 20.2 Å². The summed E-state index contributed by atoms with van der Waals surface area (Å²) in [5, 5.41) is 11.9. The summed E-state index contributed by atoms with van der Waals surface area (Å²) in [5.41, 5.74) is 3.97. The maximum Gasteiger partial charge on any atom is 0.242 e. The summed E-state index contributed by atoms with van der Waals surface area (Å²) in [4.78, 5) is 17.1. The molecule has 0 spiro atoms. The van der Waals surface area contributed by atoms with Crippen molar-refractivity contribution in [2.45, 2.75) is 46.1 Å². The predicted octanol–water partition coefficient (Wildman–Crippen LogP) is 1.64. The zero-order chi connectivity index (χ0) is 18.8. The monoisotopic (exact) mass is 359 g/mol. The third-order valence-corrected chi connectivity index (χ3v) is 5.45. The highest BCUT2D eigenvalue weighted by Gasteiger charge is 2.23. The fraction of sp³-hybridized carbons (Fsp3) is 0.632. The Morgan fingerprint density at radius 2 is 2.19 bits per heavy atom. The summed E-state index contributed by atoms with van der Waals surface area (Å²) in [6.45, 7) is 8.16. The van der Waals surface area contributed by atoms with Crippen molar-refractivity contribution in [1.82, 2.24) is 25.4 Å². The molecule has 2 atom stereocenters. The van der Waals surface area contributed by atoms with Gasteiger partial charge < -0.3 is 15.4 Å². The molecule has 1 fully saturated rings. The Morgan fingerprint density at radius 1 is 1.42 bits per heavy atom. The van der Waals surface area contributed by atoms with E-state index in [1.165, 1.54) is 0 Å². The van der Waals surface area contributed by atoms with Crippen LogP contribution >= 0.6 is 0 Å². The summed E-state index contributed by atoms with van der Waals surface area (Å²) in [6, 6.07) is 0.268. The van der Waals surface area contributed by atoms with E-state index in [2.05, 4.69) is 29.6 Å². The Hall–Kier alpha value is -2.15. The maximum atomic E-state index is 12.5. The number of nitrogens with zero attached hydrogens (tertiary/aromatic N) is 3. The molecule has 142 valence electrons. The molecule has 0 saturated carbocycles. The van der Waals surface area contributed by atoms with E-state index in [4.69, 9.17) is 9.72 Å². The van der Waals surface area contributed by atoms with Crippen molar-refractivity contribution in [3.05, 3.63) is 16.8 Å². The quantitative estimate of drug-likeness (QED) is 0.848. The number of ether oxygens (including phenoxy) is 1. The Labute approximate surface area is 154 Å². The van der Waals surface area contributed by atoms with Crippen LogP contribution in [0.25, 0.3) is 11.0 Å². The third-order valence-electron chi connectivity index (χ3n) is 5.45. The fourth-order valence-electron chi connectivity index (χ4n) is 3.85. The van der Waals surface area contributed by atoms with E-state index in [1.807, 2.05) is 14.0 Å². The standard InChI is InChI=1S/C19H29N5O2/c1-11-10-20-9-8-15(11)22-16(25)7-6-14-12(2)17-18(21-13(14)3)24(4)23-19(17)26-5/h11,15,20H,6-10H2,1-5H3,(H,22,25). The van der Waals surface area contributed by atoms with Crippen LogP contribution in [0.4, 0.5) is 0 Å². The molecule has 1 aliphatic heterocycles. The molecule has 3 rings (SSSR count). The number of hydrogen-bond acceptors (Lipinski definition) is 5. The Balaban J connectivity index is 1.75. The van der Waals surface area contributed by atoms with Crippen LogP contribution in [-0.4, -0.2) is 46.9 Å². The first kappa shape index (κ1) is 18.6. The molecule has 0 radical (unpaired) electrons. The van der Waals surface area contributed by atoms with Crippen molar-refractivity contribution in [1.29, 1.82) is 0 Å². The first-order valence-corrected chi connectivity index (χ1v) is 9.29. The molecular formula is C19H29N5O2. The average Bonchev–Trinajstić information content (AvgIpc) is 2.93. The van der Waals surface area contributed by atoms with Gasteiger partial charge >= 0.3 is 0 Å². The highest BCUT2D eigenvalue weighted by Crippen LogP contribution is 2.30. The maximum absolute atomic E-state index is 12.5. The number of methoxy groups -OCH3 is 1. The lowest BCUT2D eigenvalue weighted by Gasteiger charge is -2.30. The third kappa shape index (κ3) is 3.53. The first-order chi connectivity index (χ1) is 12.4. The topological polar surface area (TPSA) is 81.1 Å². The second-order valence-corrected chi connectivity index (χ2v) is 7.28. The van der Waals surface area contributed by atoms with Gasteiger partial charge in [0.05, 0.1) is 12.5 Å². The number of nitrogens with one attached hydrogen (secondary N) is 2. The minimum atomic E-state index is 0.112. The van der Waals surface area contributed by atoms with Crippen LogP contribution in [0.1, 0.15) is 36.6 Å². The smallest absolute Gasteiger partial charge is 0.242 e. The molecular weight excluding hydrogens is 330 g/mol. The van der Waals surface area contributed by atoms with Gasteiger partial charge in [0.2, 0.25) is 11.8 Å². The Bertz CT molecular complexity index is 814. The zero-order valence-electron chi connectivity index (χ0n) is 16.3. The van der Waals surface area contributed by atoms with Gasteiger partial charge in [-0.1, -0.05) is 6.92 Å². The highest BCUT2D eigenvalue weighted by molar-refractivity contribution is 5.86. The second kappa shape index (κ2) is 7.61. The molecule has 0 bridgehead atoms. The fourth-order valence-corrected chi connectivity index (χ4v) is 3.85. The lowest BCUT2D eigenvalue weighted by atomic mass is 9.95. The predicted molar refractivity (Wildman–Crippen MR) is 101 cm³/mol. The summed E-state index contributed by atoms with van der Waals surface area (Å²) in [7, 11) is 3.48. The highest BCUT2D eigenvalue weighted by atomic mass is 16.5. The van der Waals surface area contributed by atoms with Crippen molar-refractivity contribution >= 4 is 16.9 Å². The number of hydrogen-bond donors (Lipinski definition) is 2. The molecule has 7 nitrogen and oxygen atoms in total. The van der Waals surface area contributed by atoms with Crippen LogP contribution in [0, 0.1) is 19.8 Å². The SMILES string of the molecule is COc1nn(C)c2nc(C)c(CCC(=O)NC3CCNCC3C)c(C)c12. The summed E-state index contributed by atoms with van der Waals surface area (Å²) >= 11 is 0. The number of amides is 1. The van der Waals surface area contributed by atoms with Crippen LogP contribution < -0.4 is 15.4 Å². The molecule has 2 N–H and O–H groups in total. The number of aryl methyl sites for hydroxylation is 3. The van der Waals surface area contributed by atoms with Gasteiger partial charge in [0.1, 0.15) is 0 Å². The Kier molecular flexibility index (Phi) is 5.46. The molecule has 2 aromatic heterocycles. The lowest BCUT2D eigenvalue weighted by Crippen LogP contribution is -2.48. The van der Waals surface area contributed by atoms with E-state index in [9.17, 15) is 4.79 Å². The summed E-state index contributed by atoms with van der Waals surface area (Å²) < 4.78 is 7.14.